The van der Waals surface area contributed by atoms with Crippen LogP contribution >= 0.6 is 0 Å². The van der Waals surface area contributed by atoms with E-state index < -0.39 is 11.6 Å². The van der Waals surface area contributed by atoms with Gasteiger partial charge in [0.05, 0.1) is 23.8 Å². The summed E-state index contributed by atoms with van der Waals surface area (Å²) in [7, 11) is 3.24. The zero-order valence-corrected chi connectivity index (χ0v) is 18.1. The third kappa shape index (κ3) is 3.40. The molecular formula is C24H26N2O6. The molecule has 1 unspecified atom stereocenters. The molecule has 0 radical (unpaired) electrons. The zero-order valence-electron chi connectivity index (χ0n) is 18.1. The van der Waals surface area contributed by atoms with Crippen LogP contribution in [0.5, 0.6) is 17.2 Å². The highest BCUT2D eigenvalue weighted by atomic mass is 16.5. The number of ketones is 2. The minimum Gasteiger partial charge on any atom is -0.507 e. The average molecular weight is 438 g/mol. The lowest BCUT2D eigenvalue weighted by molar-refractivity contribution is -0.125. The largest absolute Gasteiger partial charge is 0.507 e. The van der Waals surface area contributed by atoms with Gasteiger partial charge in [-0.25, -0.2) is 0 Å². The number of fused-ring (bicyclic) bond motifs is 3. The molecule has 0 saturated heterocycles. The van der Waals surface area contributed by atoms with Crippen LogP contribution in [0.3, 0.4) is 0 Å². The molecule has 1 atom stereocenters. The fourth-order valence-electron chi connectivity index (χ4n) is 4.65. The Morgan fingerprint density at radius 2 is 1.78 bits per heavy atom. The molecule has 8 heteroatoms. The van der Waals surface area contributed by atoms with Gasteiger partial charge >= 0.3 is 0 Å². The summed E-state index contributed by atoms with van der Waals surface area (Å²) in [5.74, 6) is -2.01. The van der Waals surface area contributed by atoms with Crippen molar-refractivity contribution in [3.63, 3.8) is 0 Å². The molecule has 0 spiro atoms. The molecule has 0 bridgehead atoms. The highest BCUT2D eigenvalue weighted by Crippen LogP contribution is 2.47. The minimum absolute atomic E-state index is 0.0804. The fourth-order valence-corrected chi connectivity index (χ4v) is 4.65. The summed E-state index contributed by atoms with van der Waals surface area (Å²) in [5, 5.41) is 27.9. The number of phenolic OH excluding ortho intramolecular Hbond substituents is 2. The molecule has 168 valence electrons. The van der Waals surface area contributed by atoms with E-state index in [1.807, 2.05) is 7.05 Å². The van der Waals surface area contributed by atoms with Crippen LogP contribution in [0.25, 0.3) is 0 Å². The second-order valence-corrected chi connectivity index (χ2v) is 8.13. The van der Waals surface area contributed by atoms with Crippen LogP contribution in [-0.4, -0.2) is 54.9 Å². The smallest absolute Gasteiger partial charge is 0.223 e. The standard InChI is InChI=1S/C24H26N2O6/c1-25-9-4-10-26-24(31)12-7-8-13-15(11-12)22(29)18-19(20(13)27)23(30)17-14(21(18)28)5-3-6-16(17)32-2/h3,5-6,12,25,27,29H,4,7-11H2,1-2H3,(H,26,31). The van der Waals surface area contributed by atoms with Gasteiger partial charge in [-0.2, -0.15) is 0 Å². The fraction of sp³-hybridized carbons (Fsp3) is 0.375. The quantitative estimate of drug-likeness (QED) is 0.341. The highest BCUT2D eigenvalue weighted by Gasteiger charge is 2.41. The number of amides is 1. The van der Waals surface area contributed by atoms with Crippen molar-refractivity contribution >= 4 is 17.5 Å². The molecule has 8 nitrogen and oxygen atoms in total. The third-order valence-corrected chi connectivity index (χ3v) is 6.30. The molecular weight excluding hydrogens is 412 g/mol. The van der Waals surface area contributed by atoms with Crippen LogP contribution < -0.4 is 15.4 Å². The van der Waals surface area contributed by atoms with Crippen LogP contribution in [0.1, 0.15) is 55.8 Å². The summed E-state index contributed by atoms with van der Waals surface area (Å²) in [4.78, 5) is 39.1. The van der Waals surface area contributed by atoms with Gasteiger partial charge in [0.1, 0.15) is 17.2 Å². The van der Waals surface area contributed by atoms with Crippen molar-refractivity contribution in [2.24, 2.45) is 5.92 Å². The predicted molar refractivity (Wildman–Crippen MR) is 117 cm³/mol. The number of benzene rings is 2. The lowest BCUT2D eigenvalue weighted by Crippen LogP contribution is -2.35. The number of phenols is 2. The van der Waals surface area contributed by atoms with Crippen molar-refractivity contribution in [2.75, 3.05) is 27.2 Å². The molecule has 0 aliphatic heterocycles. The van der Waals surface area contributed by atoms with E-state index in [-0.39, 0.29) is 57.7 Å². The van der Waals surface area contributed by atoms with E-state index in [1.54, 1.807) is 12.1 Å². The van der Waals surface area contributed by atoms with Gasteiger partial charge in [0.15, 0.2) is 5.78 Å². The molecule has 2 aromatic rings. The van der Waals surface area contributed by atoms with Crippen molar-refractivity contribution in [1.29, 1.82) is 0 Å². The van der Waals surface area contributed by atoms with Gasteiger partial charge in [0.25, 0.3) is 0 Å². The maximum absolute atomic E-state index is 13.3. The molecule has 4 rings (SSSR count). The van der Waals surface area contributed by atoms with Crippen LogP contribution in [0, 0.1) is 5.92 Å². The van der Waals surface area contributed by atoms with E-state index in [4.69, 9.17) is 4.74 Å². The number of hydrogen-bond acceptors (Lipinski definition) is 7. The van der Waals surface area contributed by atoms with Gasteiger partial charge in [0.2, 0.25) is 11.7 Å². The summed E-state index contributed by atoms with van der Waals surface area (Å²) in [6.45, 7) is 1.33. The lowest BCUT2D eigenvalue weighted by Gasteiger charge is -2.29. The van der Waals surface area contributed by atoms with Crippen LogP contribution in [-0.2, 0) is 17.6 Å². The highest BCUT2D eigenvalue weighted by molar-refractivity contribution is 6.31. The van der Waals surface area contributed by atoms with E-state index in [1.165, 1.54) is 13.2 Å². The number of methoxy groups -OCH3 is 1. The Morgan fingerprint density at radius 3 is 2.50 bits per heavy atom. The Bertz CT molecular complexity index is 1120. The van der Waals surface area contributed by atoms with Crippen molar-refractivity contribution < 1.29 is 29.3 Å². The topological polar surface area (TPSA) is 125 Å². The van der Waals surface area contributed by atoms with Gasteiger partial charge < -0.3 is 25.6 Å². The molecule has 32 heavy (non-hydrogen) atoms. The first kappa shape index (κ1) is 21.8. The van der Waals surface area contributed by atoms with Crippen LogP contribution in [0.4, 0.5) is 0 Å². The van der Waals surface area contributed by atoms with E-state index in [0.29, 0.717) is 30.5 Å². The van der Waals surface area contributed by atoms with E-state index >= 15 is 0 Å². The number of carbonyl (C=O) groups is 3. The molecule has 2 aliphatic carbocycles. The predicted octanol–water partition coefficient (Wildman–Crippen LogP) is 1.71. The molecule has 0 fully saturated rings. The molecule has 0 saturated carbocycles. The summed E-state index contributed by atoms with van der Waals surface area (Å²) in [5.41, 5.74) is 0.568. The SMILES string of the molecule is CNCCCNC(=O)C1CCc2c(O)c3c(c(O)c2C1)C(=O)c1cccc(OC)c1C3=O. The van der Waals surface area contributed by atoms with E-state index in [2.05, 4.69) is 10.6 Å². The van der Waals surface area contributed by atoms with Crippen LogP contribution in [0.2, 0.25) is 0 Å². The number of nitrogens with one attached hydrogen (secondary N) is 2. The van der Waals surface area contributed by atoms with Gasteiger partial charge in [-0.1, -0.05) is 12.1 Å². The van der Waals surface area contributed by atoms with Gasteiger partial charge in [0, 0.05) is 29.2 Å². The number of carbonyl (C=O) groups excluding carboxylic acids is 3. The first-order valence-electron chi connectivity index (χ1n) is 10.7. The van der Waals surface area contributed by atoms with Crippen molar-refractivity contribution in [2.45, 2.75) is 25.7 Å². The van der Waals surface area contributed by atoms with Crippen LogP contribution in [0.15, 0.2) is 18.2 Å². The molecule has 0 aromatic heterocycles. The number of rotatable bonds is 6. The van der Waals surface area contributed by atoms with Crippen molar-refractivity contribution in [3.8, 4) is 17.2 Å². The monoisotopic (exact) mass is 438 g/mol. The van der Waals surface area contributed by atoms with Gasteiger partial charge in [-0.15, -0.1) is 0 Å². The number of ether oxygens (including phenoxy) is 1. The third-order valence-electron chi connectivity index (χ3n) is 6.30. The Labute approximate surface area is 185 Å². The number of hydrogen-bond donors (Lipinski definition) is 4. The maximum atomic E-state index is 13.3. The Kier molecular flexibility index (Phi) is 5.88. The van der Waals surface area contributed by atoms with Crippen molar-refractivity contribution in [1.82, 2.24) is 10.6 Å². The summed E-state index contributed by atoms with van der Waals surface area (Å²) in [6, 6.07) is 4.67. The maximum Gasteiger partial charge on any atom is 0.223 e. The average Bonchev–Trinajstić information content (AvgIpc) is 2.81. The van der Waals surface area contributed by atoms with Crippen molar-refractivity contribution in [3.05, 3.63) is 51.6 Å². The molecule has 2 aliphatic rings. The summed E-state index contributed by atoms with van der Waals surface area (Å²) in [6.07, 6.45) is 1.77. The van der Waals surface area contributed by atoms with Gasteiger partial charge in [-0.3, -0.25) is 14.4 Å². The Hall–Kier alpha value is -3.39. The molecule has 2 aromatic carbocycles. The molecule has 1 amide bonds. The first-order valence-corrected chi connectivity index (χ1v) is 10.7. The van der Waals surface area contributed by atoms with Gasteiger partial charge in [-0.05, 0) is 45.3 Å². The van der Waals surface area contributed by atoms with E-state index in [0.717, 1.165) is 13.0 Å². The number of aromatic hydroxyl groups is 2. The zero-order chi connectivity index (χ0) is 23.0. The summed E-state index contributed by atoms with van der Waals surface area (Å²) < 4.78 is 5.25. The Morgan fingerprint density at radius 1 is 1.06 bits per heavy atom. The lowest BCUT2D eigenvalue weighted by atomic mass is 9.75. The Balaban J connectivity index is 1.72. The molecule has 0 heterocycles. The minimum atomic E-state index is -0.563. The first-order chi connectivity index (χ1) is 15.4. The molecule has 4 N–H and O–H groups in total. The second-order valence-electron chi connectivity index (χ2n) is 8.13. The summed E-state index contributed by atoms with van der Waals surface area (Å²) >= 11 is 0. The normalized spacial score (nSPS) is 16.8. The second kappa shape index (κ2) is 8.63. The van der Waals surface area contributed by atoms with E-state index in [9.17, 15) is 24.6 Å².